The second-order valence-electron chi connectivity index (χ2n) is 6.47. The third-order valence-electron chi connectivity index (χ3n) is 5.47. The Morgan fingerprint density at radius 2 is 2.23 bits per heavy atom. The molecule has 0 radical (unpaired) electrons. The van der Waals surface area contributed by atoms with Crippen molar-refractivity contribution in [1.82, 2.24) is 14.8 Å². The van der Waals surface area contributed by atoms with Gasteiger partial charge in [-0.2, -0.15) is 0 Å². The molecule has 5 heteroatoms. The first-order valence-electron chi connectivity index (χ1n) is 8.00. The third-order valence-corrected chi connectivity index (χ3v) is 5.47. The Bertz CT molecular complexity index is 795. The van der Waals surface area contributed by atoms with Crippen LogP contribution in [0.25, 0.3) is 10.9 Å². The number of methoxy groups -OCH3 is 1. The van der Waals surface area contributed by atoms with Gasteiger partial charge in [0, 0.05) is 49.2 Å². The van der Waals surface area contributed by atoms with Crippen LogP contribution in [0.3, 0.4) is 0 Å². The largest absolute Gasteiger partial charge is 0.497 e. The van der Waals surface area contributed by atoms with Gasteiger partial charge >= 0.3 is 0 Å². The molecule has 1 aromatic heterocycles. The standard InChI is InChI=1S/C17H19N3O2/c1-22-10-2-3-11-12-4-6-19-7-5-18-13-9-15(21)20(14(11)8-10)16(12)17(13)19/h2-3,8,13,17-18H,4-7,9H2,1H3/t13-,17-/m1/s1. The van der Waals surface area contributed by atoms with Crippen molar-refractivity contribution in [3.8, 4) is 5.75 Å². The first kappa shape index (κ1) is 12.7. The maximum atomic E-state index is 12.8. The molecule has 1 aromatic carbocycles. The van der Waals surface area contributed by atoms with Crippen LogP contribution in [-0.4, -0.2) is 48.2 Å². The van der Waals surface area contributed by atoms with Gasteiger partial charge in [-0.15, -0.1) is 0 Å². The molecule has 114 valence electrons. The van der Waals surface area contributed by atoms with E-state index in [1.807, 2.05) is 16.7 Å². The Morgan fingerprint density at radius 3 is 3.09 bits per heavy atom. The topological polar surface area (TPSA) is 46.5 Å². The van der Waals surface area contributed by atoms with Crippen LogP contribution >= 0.6 is 0 Å². The average Bonchev–Trinajstić information content (AvgIpc) is 2.88. The molecular weight excluding hydrogens is 278 g/mol. The Labute approximate surface area is 128 Å². The van der Waals surface area contributed by atoms with Gasteiger partial charge in [0.2, 0.25) is 5.91 Å². The van der Waals surface area contributed by atoms with Gasteiger partial charge in [0.15, 0.2) is 0 Å². The summed E-state index contributed by atoms with van der Waals surface area (Å²) in [7, 11) is 1.67. The van der Waals surface area contributed by atoms with Crippen LogP contribution in [0.2, 0.25) is 0 Å². The summed E-state index contributed by atoms with van der Waals surface area (Å²) in [5, 5.41) is 4.77. The van der Waals surface area contributed by atoms with Gasteiger partial charge in [0.1, 0.15) is 5.75 Å². The molecule has 5 nitrogen and oxygen atoms in total. The van der Waals surface area contributed by atoms with Gasteiger partial charge in [0.05, 0.1) is 18.7 Å². The zero-order valence-electron chi connectivity index (χ0n) is 12.6. The van der Waals surface area contributed by atoms with E-state index >= 15 is 0 Å². The molecule has 0 unspecified atom stereocenters. The summed E-state index contributed by atoms with van der Waals surface area (Å²) in [4.78, 5) is 15.3. The van der Waals surface area contributed by atoms with E-state index in [-0.39, 0.29) is 11.9 Å². The maximum Gasteiger partial charge on any atom is 0.233 e. The number of carbonyl (C=O) groups is 1. The highest BCUT2D eigenvalue weighted by molar-refractivity contribution is 5.98. The fourth-order valence-corrected chi connectivity index (χ4v) is 4.56. The molecule has 1 fully saturated rings. The van der Waals surface area contributed by atoms with Crippen LogP contribution in [-0.2, 0) is 6.42 Å². The molecule has 1 saturated heterocycles. The quantitative estimate of drug-likeness (QED) is 0.868. The van der Waals surface area contributed by atoms with Gasteiger partial charge in [-0.25, -0.2) is 0 Å². The second kappa shape index (κ2) is 4.33. The average molecular weight is 297 g/mol. The van der Waals surface area contributed by atoms with Gasteiger partial charge in [0.25, 0.3) is 0 Å². The van der Waals surface area contributed by atoms with Crippen LogP contribution in [0.5, 0.6) is 5.75 Å². The molecule has 0 spiro atoms. The van der Waals surface area contributed by atoms with Crippen molar-refractivity contribution in [2.24, 2.45) is 0 Å². The van der Waals surface area contributed by atoms with Crippen molar-refractivity contribution in [1.29, 1.82) is 0 Å². The lowest BCUT2D eigenvalue weighted by Crippen LogP contribution is -2.58. The highest BCUT2D eigenvalue weighted by atomic mass is 16.5. The number of rotatable bonds is 1. The fraction of sp³-hybridized carbons (Fsp3) is 0.471. The lowest BCUT2D eigenvalue weighted by atomic mass is 9.87. The third kappa shape index (κ3) is 1.48. The lowest BCUT2D eigenvalue weighted by Gasteiger charge is -2.47. The predicted octanol–water partition coefficient (Wildman–Crippen LogP) is 1.56. The number of nitrogens with zero attached hydrogens (tertiary/aromatic N) is 2. The summed E-state index contributed by atoms with van der Waals surface area (Å²) in [6.45, 7) is 3.15. The van der Waals surface area contributed by atoms with E-state index in [2.05, 4.69) is 16.3 Å². The van der Waals surface area contributed by atoms with E-state index in [4.69, 9.17) is 4.74 Å². The Balaban J connectivity index is 1.83. The minimum atomic E-state index is 0.206. The van der Waals surface area contributed by atoms with Gasteiger partial charge < -0.3 is 10.1 Å². The smallest absolute Gasteiger partial charge is 0.233 e. The predicted molar refractivity (Wildman–Crippen MR) is 83.5 cm³/mol. The molecular formula is C17H19N3O2. The molecule has 3 aliphatic heterocycles. The number of fused-ring (bicyclic) bond motifs is 3. The van der Waals surface area contributed by atoms with Crippen molar-refractivity contribution < 1.29 is 9.53 Å². The van der Waals surface area contributed by atoms with Crippen LogP contribution < -0.4 is 10.1 Å². The molecule has 2 aromatic rings. The van der Waals surface area contributed by atoms with Crippen LogP contribution in [0.15, 0.2) is 18.2 Å². The van der Waals surface area contributed by atoms with Crippen molar-refractivity contribution in [2.75, 3.05) is 26.7 Å². The first-order chi connectivity index (χ1) is 10.8. The number of benzene rings is 1. The van der Waals surface area contributed by atoms with Crippen LogP contribution in [0.4, 0.5) is 0 Å². The monoisotopic (exact) mass is 297 g/mol. The molecule has 1 N–H and O–H groups in total. The zero-order chi connectivity index (χ0) is 14.8. The molecule has 0 bridgehead atoms. The highest BCUT2D eigenvalue weighted by Crippen LogP contribution is 2.43. The molecule has 4 heterocycles. The Morgan fingerprint density at radius 1 is 1.32 bits per heavy atom. The lowest BCUT2D eigenvalue weighted by molar-refractivity contribution is 0.0630. The van der Waals surface area contributed by atoms with Crippen molar-refractivity contribution >= 4 is 16.8 Å². The summed E-state index contributed by atoms with van der Waals surface area (Å²) >= 11 is 0. The van der Waals surface area contributed by atoms with Crippen molar-refractivity contribution in [3.63, 3.8) is 0 Å². The summed E-state index contributed by atoms with van der Waals surface area (Å²) in [5.41, 5.74) is 3.60. The molecule has 0 amide bonds. The maximum absolute atomic E-state index is 12.8. The van der Waals surface area contributed by atoms with Gasteiger partial charge in [-0.05, 0) is 24.1 Å². The van der Waals surface area contributed by atoms with Crippen molar-refractivity contribution in [3.05, 3.63) is 29.5 Å². The van der Waals surface area contributed by atoms with Gasteiger partial charge in [-0.3, -0.25) is 14.3 Å². The van der Waals surface area contributed by atoms with Crippen molar-refractivity contribution in [2.45, 2.75) is 24.9 Å². The summed E-state index contributed by atoms with van der Waals surface area (Å²) in [5.74, 6) is 1.02. The summed E-state index contributed by atoms with van der Waals surface area (Å²) < 4.78 is 7.33. The minimum Gasteiger partial charge on any atom is -0.497 e. The SMILES string of the molecule is COc1ccc2c3c4n(c2c1)C(=O)C[C@H]1NCCN(CC3)[C@@H]41. The molecule has 22 heavy (non-hydrogen) atoms. The Kier molecular flexibility index (Phi) is 2.50. The number of nitrogens with one attached hydrogen (secondary N) is 1. The molecule has 2 atom stereocenters. The highest BCUT2D eigenvalue weighted by Gasteiger charge is 2.44. The molecule has 0 aliphatic carbocycles. The number of hydrogen-bond donors (Lipinski definition) is 1. The van der Waals surface area contributed by atoms with E-state index in [9.17, 15) is 4.79 Å². The van der Waals surface area contributed by atoms with E-state index in [1.165, 1.54) is 16.6 Å². The first-order valence-corrected chi connectivity index (χ1v) is 8.00. The Hall–Kier alpha value is -1.85. The normalized spacial score (nSPS) is 27.0. The van der Waals surface area contributed by atoms with Gasteiger partial charge in [-0.1, -0.05) is 0 Å². The van der Waals surface area contributed by atoms with E-state index in [0.29, 0.717) is 12.5 Å². The minimum absolute atomic E-state index is 0.206. The number of ether oxygens (including phenoxy) is 1. The van der Waals surface area contributed by atoms with E-state index in [0.717, 1.165) is 37.3 Å². The number of aromatic nitrogens is 1. The molecule has 3 aliphatic rings. The molecule has 0 saturated carbocycles. The summed E-state index contributed by atoms with van der Waals surface area (Å²) in [6, 6.07) is 6.72. The second-order valence-corrected chi connectivity index (χ2v) is 6.47. The van der Waals surface area contributed by atoms with E-state index < -0.39 is 0 Å². The van der Waals surface area contributed by atoms with E-state index in [1.54, 1.807) is 7.11 Å². The number of hydrogen-bond acceptors (Lipinski definition) is 4. The van der Waals surface area contributed by atoms with Crippen LogP contribution in [0, 0.1) is 0 Å². The molecule has 5 rings (SSSR count). The number of carbonyl (C=O) groups excluding carboxylic acids is 1. The zero-order valence-corrected chi connectivity index (χ0v) is 12.6. The fourth-order valence-electron chi connectivity index (χ4n) is 4.56. The van der Waals surface area contributed by atoms with Crippen LogP contribution in [0.1, 0.15) is 28.5 Å². The number of piperazine rings is 1. The summed E-state index contributed by atoms with van der Waals surface area (Å²) in [6.07, 6.45) is 1.61.